The number of aryl methyl sites for hydroxylation is 2. The van der Waals surface area contributed by atoms with Crippen molar-refractivity contribution in [2.24, 2.45) is 0 Å². The summed E-state index contributed by atoms with van der Waals surface area (Å²) >= 11 is 0. The molecule has 1 amide bonds. The minimum absolute atomic E-state index is 0.0735. The van der Waals surface area contributed by atoms with Gasteiger partial charge in [-0.1, -0.05) is 0 Å². The van der Waals surface area contributed by atoms with Gasteiger partial charge in [-0.15, -0.1) is 0 Å². The zero-order valence-electron chi connectivity index (χ0n) is 18.3. The van der Waals surface area contributed by atoms with Crippen LogP contribution in [0.1, 0.15) is 46.3 Å². The summed E-state index contributed by atoms with van der Waals surface area (Å²) in [4.78, 5) is 28.9. The first-order valence-corrected chi connectivity index (χ1v) is 10.3. The largest absolute Gasteiger partial charge is 0.497 e. The molecule has 0 saturated carbocycles. The number of carbonyl (C=O) groups is 1. The number of amides is 1. The molecule has 1 atom stereocenters. The first kappa shape index (κ1) is 20.8. The van der Waals surface area contributed by atoms with Crippen LogP contribution in [0.5, 0.6) is 11.5 Å². The number of hydrogen-bond acceptors (Lipinski definition) is 6. The van der Waals surface area contributed by atoms with Gasteiger partial charge in [0.1, 0.15) is 17.3 Å². The van der Waals surface area contributed by atoms with Gasteiger partial charge >= 0.3 is 0 Å². The molecule has 4 rings (SSSR count). The van der Waals surface area contributed by atoms with Crippen molar-refractivity contribution in [3.63, 3.8) is 0 Å². The summed E-state index contributed by atoms with van der Waals surface area (Å²) in [6.45, 7) is 4.56. The predicted molar refractivity (Wildman–Crippen MR) is 117 cm³/mol. The van der Waals surface area contributed by atoms with E-state index < -0.39 is 0 Å². The maximum Gasteiger partial charge on any atom is 0.258 e. The highest BCUT2D eigenvalue weighted by Crippen LogP contribution is 2.39. The minimum atomic E-state index is -0.136. The summed E-state index contributed by atoms with van der Waals surface area (Å²) in [5.74, 6) is 1.76. The lowest BCUT2D eigenvalue weighted by Gasteiger charge is -2.27. The van der Waals surface area contributed by atoms with E-state index in [1.54, 1.807) is 38.6 Å². The fourth-order valence-corrected chi connectivity index (χ4v) is 4.15. The van der Waals surface area contributed by atoms with Crippen molar-refractivity contribution in [3.8, 4) is 22.6 Å². The number of nitrogens with zero attached hydrogens (tertiary/aromatic N) is 4. The third kappa shape index (κ3) is 3.95. The third-order valence-electron chi connectivity index (χ3n) is 5.72. The van der Waals surface area contributed by atoms with Gasteiger partial charge in [-0.2, -0.15) is 0 Å². The monoisotopic (exact) mass is 418 g/mol. The molecule has 1 saturated heterocycles. The summed E-state index contributed by atoms with van der Waals surface area (Å²) < 4.78 is 10.7. The van der Waals surface area contributed by atoms with Crippen LogP contribution < -0.4 is 9.47 Å². The standard InChI is InChI=1S/C24H26N4O3/c1-15-13-25-10-9-18(15)20-14-26-16(2)27-23(20)21-6-5-11-28(21)24(29)19-8-7-17(30-3)12-22(19)31-4/h7-10,12-14,21H,5-6,11H2,1-4H3/t21-/m0/s1. The Hall–Kier alpha value is -3.48. The topological polar surface area (TPSA) is 77.4 Å². The molecule has 7 heteroatoms. The van der Waals surface area contributed by atoms with E-state index in [0.717, 1.165) is 35.2 Å². The molecular weight excluding hydrogens is 392 g/mol. The Labute approximate surface area is 182 Å². The molecule has 0 bridgehead atoms. The second kappa shape index (κ2) is 8.71. The number of aromatic nitrogens is 3. The number of pyridine rings is 1. The number of hydrogen-bond donors (Lipinski definition) is 0. The van der Waals surface area contributed by atoms with Crippen molar-refractivity contribution < 1.29 is 14.3 Å². The van der Waals surface area contributed by atoms with E-state index in [1.807, 2.05) is 37.2 Å². The fourth-order valence-electron chi connectivity index (χ4n) is 4.15. The van der Waals surface area contributed by atoms with E-state index >= 15 is 0 Å². The molecule has 31 heavy (non-hydrogen) atoms. The van der Waals surface area contributed by atoms with E-state index in [-0.39, 0.29) is 11.9 Å². The van der Waals surface area contributed by atoms with Crippen LogP contribution in [0.3, 0.4) is 0 Å². The van der Waals surface area contributed by atoms with E-state index in [9.17, 15) is 4.79 Å². The first-order valence-electron chi connectivity index (χ1n) is 10.3. The lowest BCUT2D eigenvalue weighted by molar-refractivity contribution is 0.0729. The molecule has 3 aromatic rings. The molecule has 2 aromatic heterocycles. The van der Waals surface area contributed by atoms with Crippen LogP contribution in [0.2, 0.25) is 0 Å². The third-order valence-corrected chi connectivity index (χ3v) is 5.72. The smallest absolute Gasteiger partial charge is 0.258 e. The van der Waals surface area contributed by atoms with Gasteiger partial charge in [-0.05, 0) is 56.0 Å². The highest BCUT2D eigenvalue weighted by Gasteiger charge is 2.34. The average molecular weight is 418 g/mol. The van der Waals surface area contributed by atoms with Gasteiger partial charge in [0, 0.05) is 36.8 Å². The van der Waals surface area contributed by atoms with Gasteiger partial charge in [-0.3, -0.25) is 9.78 Å². The number of ether oxygens (including phenoxy) is 2. The van der Waals surface area contributed by atoms with Crippen LogP contribution in [-0.2, 0) is 0 Å². The second-order valence-corrected chi connectivity index (χ2v) is 7.63. The number of carbonyl (C=O) groups excluding carboxylic acids is 1. The van der Waals surface area contributed by atoms with Crippen LogP contribution in [0.25, 0.3) is 11.1 Å². The van der Waals surface area contributed by atoms with Crippen molar-refractivity contribution in [2.75, 3.05) is 20.8 Å². The highest BCUT2D eigenvalue weighted by atomic mass is 16.5. The molecule has 0 radical (unpaired) electrons. The van der Waals surface area contributed by atoms with Crippen LogP contribution in [0, 0.1) is 13.8 Å². The zero-order valence-corrected chi connectivity index (χ0v) is 18.3. The average Bonchev–Trinajstić information content (AvgIpc) is 3.28. The Morgan fingerprint density at radius 3 is 2.68 bits per heavy atom. The molecule has 1 aliphatic heterocycles. The number of likely N-dealkylation sites (tertiary alicyclic amines) is 1. The van der Waals surface area contributed by atoms with E-state index in [1.165, 1.54) is 0 Å². The summed E-state index contributed by atoms with van der Waals surface area (Å²) in [5, 5.41) is 0. The normalized spacial score (nSPS) is 15.7. The van der Waals surface area contributed by atoms with Gasteiger partial charge in [0.25, 0.3) is 5.91 Å². The Morgan fingerprint density at radius 1 is 1.10 bits per heavy atom. The minimum Gasteiger partial charge on any atom is -0.497 e. The summed E-state index contributed by atoms with van der Waals surface area (Å²) in [7, 11) is 3.15. The quantitative estimate of drug-likeness (QED) is 0.619. The Morgan fingerprint density at radius 2 is 1.94 bits per heavy atom. The van der Waals surface area contributed by atoms with Crippen LogP contribution in [-0.4, -0.2) is 46.5 Å². The van der Waals surface area contributed by atoms with Gasteiger partial charge in [0.15, 0.2) is 0 Å². The SMILES string of the molecule is COc1ccc(C(=O)N2CCC[C@H]2c2nc(C)ncc2-c2ccncc2C)c(OC)c1. The molecule has 0 N–H and O–H groups in total. The van der Waals surface area contributed by atoms with E-state index in [4.69, 9.17) is 14.5 Å². The van der Waals surface area contributed by atoms with Crippen molar-refractivity contribution in [2.45, 2.75) is 32.7 Å². The molecule has 7 nitrogen and oxygen atoms in total. The van der Waals surface area contributed by atoms with Crippen molar-refractivity contribution >= 4 is 5.91 Å². The molecule has 0 spiro atoms. The molecule has 3 heterocycles. The molecule has 160 valence electrons. The lowest BCUT2D eigenvalue weighted by Crippen LogP contribution is -2.31. The van der Waals surface area contributed by atoms with E-state index in [2.05, 4.69) is 9.97 Å². The highest BCUT2D eigenvalue weighted by molar-refractivity contribution is 5.97. The Bertz CT molecular complexity index is 1120. The first-order chi connectivity index (χ1) is 15.0. The van der Waals surface area contributed by atoms with Gasteiger partial charge in [0.2, 0.25) is 0 Å². The molecular formula is C24H26N4O3. The summed E-state index contributed by atoms with van der Waals surface area (Å²) in [5.41, 5.74) is 4.41. The molecule has 0 unspecified atom stereocenters. The van der Waals surface area contributed by atoms with Crippen LogP contribution in [0.15, 0.2) is 42.9 Å². The maximum absolute atomic E-state index is 13.6. The Kier molecular flexibility index (Phi) is 5.84. The molecule has 0 aliphatic carbocycles. The molecule has 1 aliphatic rings. The summed E-state index contributed by atoms with van der Waals surface area (Å²) in [6, 6.07) is 7.11. The second-order valence-electron chi connectivity index (χ2n) is 7.63. The van der Waals surface area contributed by atoms with Crippen molar-refractivity contribution in [1.82, 2.24) is 19.9 Å². The zero-order chi connectivity index (χ0) is 22.0. The van der Waals surface area contributed by atoms with Crippen LogP contribution in [0.4, 0.5) is 0 Å². The van der Waals surface area contributed by atoms with Crippen molar-refractivity contribution in [1.29, 1.82) is 0 Å². The molecule has 1 fully saturated rings. The van der Waals surface area contributed by atoms with E-state index in [0.29, 0.717) is 29.4 Å². The molecule has 1 aromatic carbocycles. The summed E-state index contributed by atoms with van der Waals surface area (Å²) in [6.07, 6.45) is 7.21. The maximum atomic E-state index is 13.6. The predicted octanol–water partition coefficient (Wildman–Crippen LogP) is 4.15. The number of methoxy groups -OCH3 is 2. The number of benzene rings is 1. The van der Waals surface area contributed by atoms with Crippen molar-refractivity contribution in [3.05, 3.63) is 65.5 Å². The van der Waals surface area contributed by atoms with Gasteiger partial charge in [-0.25, -0.2) is 9.97 Å². The lowest BCUT2D eigenvalue weighted by atomic mass is 9.97. The number of rotatable bonds is 5. The van der Waals surface area contributed by atoms with Gasteiger partial charge < -0.3 is 14.4 Å². The van der Waals surface area contributed by atoms with Gasteiger partial charge in [0.05, 0.1) is 31.5 Å². The fraction of sp³-hybridized carbons (Fsp3) is 0.333. The Balaban J connectivity index is 1.76. The van der Waals surface area contributed by atoms with Crippen LogP contribution >= 0.6 is 0 Å².